The van der Waals surface area contributed by atoms with E-state index in [4.69, 9.17) is 4.74 Å². The first-order valence-electron chi connectivity index (χ1n) is 7.78. The van der Waals surface area contributed by atoms with Crippen LogP contribution in [0.3, 0.4) is 0 Å². The van der Waals surface area contributed by atoms with Crippen molar-refractivity contribution < 1.29 is 19.7 Å². The van der Waals surface area contributed by atoms with E-state index in [1.165, 1.54) is 0 Å². The van der Waals surface area contributed by atoms with Gasteiger partial charge in [0, 0.05) is 11.4 Å². The molecule has 130 valence electrons. The summed E-state index contributed by atoms with van der Waals surface area (Å²) in [5.41, 5.74) is 0.118. The van der Waals surface area contributed by atoms with Crippen LogP contribution in [0.2, 0.25) is 0 Å². The molecule has 0 spiro atoms. The largest absolute Gasteiger partial charge is 0.444 e. The molecule has 1 aromatic rings. The molecule has 0 radical (unpaired) electrons. The smallest absolute Gasteiger partial charge is 0.407 e. The summed E-state index contributed by atoms with van der Waals surface area (Å²) in [6.45, 7) is 7.65. The van der Waals surface area contributed by atoms with Crippen molar-refractivity contribution in [2.24, 2.45) is 0 Å². The predicted molar refractivity (Wildman–Crippen MR) is 92.7 cm³/mol. The van der Waals surface area contributed by atoms with Crippen LogP contribution in [0.15, 0.2) is 29.2 Å². The summed E-state index contributed by atoms with van der Waals surface area (Å²) >= 11 is 1.68. The zero-order valence-corrected chi connectivity index (χ0v) is 15.0. The van der Waals surface area contributed by atoms with Gasteiger partial charge in [-0.3, -0.25) is 0 Å². The fraction of sp³-hybridized carbons (Fsp3) is 0.588. The third kappa shape index (κ3) is 7.72. The van der Waals surface area contributed by atoms with Crippen molar-refractivity contribution in [2.45, 2.75) is 56.8 Å². The molecular formula is C17H27NO4S. The number of carbonyl (C=O) groups is 1. The van der Waals surface area contributed by atoms with Gasteiger partial charge in [0.1, 0.15) is 11.7 Å². The van der Waals surface area contributed by atoms with Crippen LogP contribution in [0.4, 0.5) is 4.79 Å². The Morgan fingerprint density at radius 1 is 1.35 bits per heavy atom. The molecule has 0 aromatic heterocycles. The quantitative estimate of drug-likeness (QED) is 0.664. The maximum absolute atomic E-state index is 11.5. The second-order valence-corrected chi connectivity index (χ2v) is 7.57. The van der Waals surface area contributed by atoms with Crippen LogP contribution in [0.1, 0.15) is 45.8 Å². The summed E-state index contributed by atoms with van der Waals surface area (Å²) in [4.78, 5) is 12.6. The minimum Gasteiger partial charge on any atom is -0.444 e. The van der Waals surface area contributed by atoms with Crippen molar-refractivity contribution in [2.75, 3.05) is 12.3 Å². The topological polar surface area (TPSA) is 78.8 Å². The number of carbonyl (C=O) groups excluding carboxylic acids is 1. The number of thioether (sulfide) groups is 1. The number of ether oxygens (including phenoxy) is 1. The van der Waals surface area contributed by atoms with Gasteiger partial charge in [0.25, 0.3) is 0 Å². The summed E-state index contributed by atoms with van der Waals surface area (Å²) in [6.07, 6.45) is -2.22. The molecule has 0 saturated carbocycles. The average molecular weight is 341 g/mol. The SMILES string of the molecule is CCSc1cccc(C(O)C(O)CCNC(=O)OC(C)(C)C)c1. The average Bonchev–Trinajstić information content (AvgIpc) is 2.45. The molecule has 2 unspecified atom stereocenters. The minimum atomic E-state index is -0.979. The van der Waals surface area contributed by atoms with Gasteiger partial charge in [0.05, 0.1) is 6.10 Å². The van der Waals surface area contributed by atoms with Crippen LogP contribution in [-0.4, -0.2) is 40.3 Å². The Bertz CT molecular complexity index is 502. The summed E-state index contributed by atoms with van der Waals surface area (Å²) in [5, 5.41) is 22.9. The lowest BCUT2D eigenvalue weighted by Crippen LogP contribution is -2.34. The van der Waals surface area contributed by atoms with E-state index in [9.17, 15) is 15.0 Å². The van der Waals surface area contributed by atoms with Crippen molar-refractivity contribution in [1.29, 1.82) is 0 Å². The van der Waals surface area contributed by atoms with E-state index < -0.39 is 23.9 Å². The molecule has 0 saturated heterocycles. The molecular weight excluding hydrogens is 314 g/mol. The maximum atomic E-state index is 11.5. The molecule has 0 fully saturated rings. The highest BCUT2D eigenvalue weighted by Crippen LogP contribution is 2.24. The molecule has 1 aromatic carbocycles. The van der Waals surface area contributed by atoms with Crippen molar-refractivity contribution in [3.05, 3.63) is 29.8 Å². The normalized spacial score (nSPS) is 14.2. The summed E-state index contributed by atoms with van der Waals surface area (Å²) in [6, 6.07) is 7.50. The molecule has 5 nitrogen and oxygen atoms in total. The number of aliphatic hydroxyl groups excluding tert-OH is 2. The zero-order chi connectivity index (χ0) is 17.5. The first-order chi connectivity index (χ1) is 10.7. The first kappa shape index (κ1) is 19.8. The lowest BCUT2D eigenvalue weighted by Gasteiger charge is -2.21. The molecule has 3 N–H and O–H groups in total. The van der Waals surface area contributed by atoms with E-state index in [1.807, 2.05) is 18.2 Å². The van der Waals surface area contributed by atoms with E-state index >= 15 is 0 Å². The Kier molecular flexibility index (Phi) is 7.88. The molecule has 1 amide bonds. The lowest BCUT2D eigenvalue weighted by atomic mass is 10.0. The highest BCUT2D eigenvalue weighted by Gasteiger charge is 2.20. The second kappa shape index (κ2) is 9.15. The van der Waals surface area contributed by atoms with Crippen molar-refractivity contribution in [3.8, 4) is 0 Å². The number of nitrogens with one attached hydrogen (secondary N) is 1. The molecule has 0 bridgehead atoms. The molecule has 23 heavy (non-hydrogen) atoms. The third-order valence-corrected chi connectivity index (χ3v) is 3.86. The molecule has 0 aliphatic heterocycles. The summed E-state index contributed by atoms with van der Waals surface area (Å²) < 4.78 is 5.11. The lowest BCUT2D eigenvalue weighted by molar-refractivity contribution is 0.0122. The van der Waals surface area contributed by atoms with Gasteiger partial charge in [-0.05, 0) is 50.6 Å². The van der Waals surface area contributed by atoms with Crippen LogP contribution in [0.25, 0.3) is 0 Å². The number of benzene rings is 1. The van der Waals surface area contributed by atoms with Gasteiger partial charge < -0.3 is 20.3 Å². The first-order valence-corrected chi connectivity index (χ1v) is 8.77. The van der Waals surface area contributed by atoms with Gasteiger partial charge in [-0.1, -0.05) is 19.1 Å². The highest BCUT2D eigenvalue weighted by atomic mass is 32.2. The fourth-order valence-electron chi connectivity index (χ4n) is 1.97. The van der Waals surface area contributed by atoms with E-state index in [0.717, 1.165) is 10.6 Å². The van der Waals surface area contributed by atoms with E-state index in [2.05, 4.69) is 12.2 Å². The monoisotopic (exact) mass is 341 g/mol. The van der Waals surface area contributed by atoms with E-state index in [-0.39, 0.29) is 13.0 Å². The Labute approximate surface area is 142 Å². The standard InChI is InChI=1S/C17H27NO4S/c1-5-23-13-8-6-7-12(11-13)15(20)14(19)9-10-18-16(21)22-17(2,3)4/h6-8,11,14-15,19-20H,5,9-10H2,1-4H3,(H,18,21). The van der Waals surface area contributed by atoms with Gasteiger partial charge in [-0.25, -0.2) is 4.79 Å². The van der Waals surface area contributed by atoms with E-state index in [0.29, 0.717) is 5.56 Å². The second-order valence-electron chi connectivity index (χ2n) is 6.24. The number of alkyl carbamates (subject to hydrolysis) is 1. The number of amides is 1. The molecule has 0 heterocycles. The number of hydrogen-bond acceptors (Lipinski definition) is 5. The highest BCUT2D eigenvalue weighted by molar-refractivity contribution is 7.99. The Morgan fingerprint density at radius 3 is 2.65 bits per heavy atom. The third-order valence-electron chi connectivity index (χ3n) is 2.98. The number of hydrogen-bond donors (Lipinski definition) is 3. The molecule has 0 aliphatic carbocycles. The van der Waals surface area contributed by atoms with Gasteiger partial charge >= 0.3 is 6.09 Å². The molecule has 0 aliphatic rings. The number of rotatable bonds is 7. The van der Waals surface area contributed by atoms with Crippen LogP contribution in [0, 0.1) is 0 Å². The fourth-order valence-corrected chi connectivity index (χ4v) is 2.70. The maximum Gasteiger partial charge on any atom is 0.407 e. The van der Waals surface area contributed by atoms with Crippen LogP contribution >= 0.6 is 11.8 Å². The van der Waals surface area contributed by atoms with Crippen LogP contribution < -0.4 is 5.32 Å². The van der Waals surface area contributed by atoms with Gasteiger partial charge in [-0.15, -0.1) is 11.8 Å². The predicted octanol–water partition coefficient (Wildman–Crippen LogP) is 3.11. The summed E-state index contributed by atoms with van der Waals surface area (Å²) in [5.74, 6) is 0.946. The molecule has 1 rings (SSSR count). The van der Waals surface area contributed by atoms with Crippen LogP contribution in [0.5, 0.6) is 0 Å². The molecule has 2 atom stereocenters. The molecule has 6 heteroatoms. The minimum absolute atomic E-state index is 0.233. The van der Waals surface area contributed by atoms with E-state index in [1.54, 1.807) is 38.6 Å². The van der Waals surface area contributed by atoms with Gasteiger partial charge in [0.2, 0.25) is 0 Å². The van der Waals surface area contributed by atoms with Crippen LogP contribution in [-0.2, 0) is 4.74 Å². The Balaban J connectivity index is 2.46. The zero-order valence-electron chi connectivity index (χ0n) is 14.2. The summed E-state index contributed by atoms with van der Waals surface area (Å²) in [7, 11) is 0. The Hall–Kier alpha value is -1.24. The van der Waals surface area contributed by atoms with Gasteiger partial charge in [-0.2, -0.15) is 0 Å². The van der Waals surface area contributed by atoms with Crippen molar-refractivity contribution in [3.63, 3.8) is 0 Å². The number of aliphatic hydroxyl groups is 2. The Morgan fingerprint density at radius 2 is 2.04 bits per heavy atom. The van der Waals surface area contributed by atoms with Gasteiger partial charge in [0.15, 0.2) is 0 Å². The van der Waals surface area contributed by atoms with Crippen molar-refractivity contribution >= 4 is 17.9 Å². The van der Waals surface area contributed by atoms with Crippen molar-refractivity contribution in [1.82, 2.24) is 5.32 Å².